The molecule has 4 aromatic rings. The van der Waals surface area contributed by atoms with Crippen LogP contribution < -0.4 is 10.1 Å². The third-order valence-corrected chi connectivity index (χ3v) is 6.20. The van der Waals surface area contributed by atoms with Crippen LogP contribution in [0.25, 0.3) is 10.9 Å². The number of amides is 2. The molecular weight excluding hydrogens is 443 g/mol. The van der Waals surface area contributed by atoms with Gasteiger partial charge in [0.15, 0.2) is 0 Å². The average Bonchev–Trinajstić information content (AvgIpc) is 3.22. The van der Waals surface area contributed by atoms with E-state index in [-0.39, 0.29) is 5.69 Å². The first-order chi connectivity index (χ1) is 16.4. The lowest BCUT2D eigenvalue weighted by Crippen LogP contribution is -2.43. The molecule has 3 aromatic carbocycles. The zero-order chi connectivity index (χ0) is 23.9. The van der Waals surface area contributed by atoms with Crippen LogP contribution in [-0.4, -0.2) is 29.6 Å². The Morgan fingerprint density at radius 1 is 1.03 bits per heavy atom. The van der Waals surface area contributed by atoms with Crippen molar-refractivity contribution in [3.63, 3.8) is 0 Å². The van der Waals surface area contributed by atoms with Crippen LogP contribution in [0.3, 0.4) is 0 Å². The number of methoxy groups -OCH3 is 1. The fourth-order valence-electron chi connectivity index (χ4n) is 4.62. The van der Waals surface area contributed by atoms with E-state index in [1.54, 1.807) is 24.1 Å². The molecule has 1 atom stereocenters. The molecule has 0 spiro atoms. The standard InChI is InChI=1S/C26H22F3N3O2/c1-34-17-12-10-16(11-13-17)24-23-19(18-6-2-4-8-21(18)30-23)14-15-32(24)25(33)31-22-9-5-3-7-20(22)26(27,28)29/h2-13,24,30H,14-15H2,1H3,(H,31,33). The molecule has 1 aliphatic rings. The summed E-state index contributed by atoms with van der Waals surface area (Å²) in [6, 6.07) is 19.2. The number of halogens is 3. The molecule has 0 bridgehead atoms. The van der Waals surface area contributed by atoms with Crippen LogP contribution in [0, 0.1) is 0 Å². The number of benzene rings is 3. The Hall–Kier alpha value is -3.94. The van der Waals surface area contributed by atoms with E-state index in [2.05, 4.69) is 10.3 Å². The second-order valence-electron chi connectivity index (χ2n) is 8.16. The summed E-state index contributed by atoms with van der Waals surface area (Å²) in [4.78, 5) is 18.4. The van der Waals surface area contributed by atoms with Gasteiger partial charge in [-0.25, -0.2) is 4.79 Å². The van der Waals surface area contributed by atoms with Gasteiger partial charge < -0.3 is 19.9 Å². The number of anilines is 1. The van der Waals surface area contributed by atoms with E-state index in [1.165, 1.54) is 18.2 Å². The first-order valence-corrected chi connectivity index (χ1v) is 10.8. The lowest BCUT2D eigenvalue weighted by molar-refractivity contribution is -0.136. The number of fused-ring (bicyclic) bond motifs is 3. The molecule has 2 N–H and O–H groups in total. The number of rotatable bonds is 3. The Labute approximate surface area is 194 Å². The SMILES string of the molecule is COc1ccc(C2c3[nH]c4ccccc4c3CCN2C(=O)Nc2ccccc2C(F)(F)F)cc1. The molecule has 8 heteroatoms. The van der Waals surface area contributed by atoms with Gasteiger partial charge in [0.2, 0.25) is 0 Å². The Kier molecular flexibility index (Phi) is 5.43. The van der Waals surface area contributed by atoms with E-state index in [9.17, 15) is 18.0 Å². The summed E-state index contributed by atoms with van der Waals surface area (Å²) in [6.45, 7) is 0.353. The normalized spacial score (nSPS) is 15.8. The molecular formula is C26H22F3N3O2. The highest BCUT2D eigenvalue weighted by molar-refractivity contribution is 5.92. The van der Waals surface area contributed by atoms with Crippen molar-refractivity contribution in [1.29, 1.82) is 0 Å². The third kappa shape index (κ3) is 3.85. The van der Waals surface area contributed by atoms with Crippen molar-refractivity contribution in [3.05, 3.63) is 95.2 Å². The smallest absolute Gasteiger partial charge is 0.418 e. The summed E-state index contributed by atoms with van der Waals surface area (Å²) < 4.78 is 45.7. The number of urea groups is 1. The van der Waals surface area contributed by atoms with E-state index >= 15 is 0 Å². The predicted molar refractivity (Wildman–Crippen MR) is 124 cm³/mol. The third-order valence-electron chi connectivity index (χ3n) is 6.20. The number of para-hydroxylation sites is 2. The van der Waals surface area contributed by atoms with Crippen molar-refractivity contribution in [2.75, 3.05) is 19.0 Å². The molecule has 174 valence electrons. The van der Waals surface area contributed by atoms with Gasteiger partial charge in [-0.2, -0.15) is 13.2 Å². The molecule has 5 rings (SSSR count). The largest absolute Gasteiger partial charge is 0.497 e. The number of H-pyrrole nitrogens is 1. The lowest BCUT2D eigenvalue weighted by atomic mass is 9.92. The summed E-state index contributed by atoms with van der Waals surface area (Å²) in [5, 5.41) is 3.58. The van der Waals surface area contributed by atoms with Crippen molar-refractivity contribution in [1.82, 2.24) is 9.88 Å². The number of aromatic nitrogens is 1. The van der Waals surface area contributed by atoms with Crippen LogP contribution in [0.1, 0.15) is 28.4 Å². The minimum absolute atomic E-state index is 0.268. The zero-order valence-corrected chi connectivity index (χ0v) is 18.3. The highest BCUT2D eigenvalue weighted by Crippen LogP contribution is 2.40. The van der Waals surface area contributed by atoms with Crippen molar-refractivity contribution >= 4 is 22.6 Å². The number of alkyl halides is 3. The van der Waals surface area contributed by atoms with Gasteiger partial charge in [0, 0.05) is 23.1 Å². The van der Waals surface area contributed by atoms with Crippen LogP contribution in [-0.2, 0) is 12.6 Å². The first kappa shape index (κ1) is 21.9. The van der Waals surface area contributed by atoms with Crippen molar-refractivity contribution in [3.8, 4) is 5.75 Å². The maximum absolute atomic E-state index is 13.5. The van der Waals surface area contributed by atoms with Crippen LogP contribution in [0.5, 0.6) is 5.75 Å². The van der Waals surface area contributed by atoms with Crippen LogP contribution >= 0.6 is 0 Å². The summed E-state index contributed by atoms with van der Waals surface area (Å²) in [5.41, 5.74) is 2.60. The first-order valence-electron chi connectivity index (χ1n) is 10.8. The van der Waals surface area contributed by atoms with E-state index < -0.39 is 23.8 Å². The molecule has 0 radical (unpaired) electrons. The van der Waals surface area contributed by atoms with Gasteiger partial charge in [-0.3, -0.25) is 0 Å². The topological polar surface area (TPSA) is 57.4 Å². The van der Waals surface area contributed by atoms with Crippen molar-refractivity contribution in [2.45, 2.75) is 18.6 Å². The molecule has 0 saturated heterocycles. The average molecular weight is 465 g/mol. The summed E-state index contributed by atoms with van der Waals surface area (Å²) in [7, 11) is 1.57. The molecule has 5 nitrogen and oxygen atoms in total. The van der Waals surface area contributed by atoms with Gasteiger partial charge in [0.1, 0.15) is 5.75 Å². The van der Waals surface area contributed by atoms with E-state index in [1.807, 2.05) is 36.4 Å². The zero-order valence-electron chi connectivity index (χ0n) is 18.3. The van der Waals surface area contributed by atoms with E-state index in [0.717, 1.165) is 33.8 Å². The summed E-state index contributed by atoms with van der Waals surface area (Å²) in [6.07, 6.45) is -3.99. The van der Waals surface area contributed by atoms with Crippen LogP contribution in [0.4, 0.5) is 23.7 Å². The number of carbonyl (C=O) groups excluding carboxylic acids is 1. The molecule has 1 aromatic heterocycles. The number of nitrogens with one attached hydrogen (secondary N) is 2. The maximum Gasteiger partial charge on any atom is 0.418 e. The predicted octanol–water partition coefficient (Wildman–Crippen LogP) is 6.37. The second kappa shape index (κ2) is 8.44. The minimum atomic E-state index is -4.58. The van der Waals surface area contributed by atoms with Gasteiger partial charge in [0.25, 0.3) is 0 Å². The number of aromatic amines is 1. The summed E-state index contributed by atoms with van der Waals surface area (Å²) in [5.74, 6) is 0.673. The van der Waals surface area contributed by atoms with Crippen LogP contribution in [0.2, 0.25) is 0 Å². The molecule has 0 saturated carbocycles. The molecule has 1 aliphatic heterocycles. The van der Waals surface area contributed by atoms with E-state index in [4.69, 9.17) is 4.74 Å². The second-order valence-corrected chi connectivity index (χ2v) is 8.16. The van der Waals surface area contributed by atoms with Gasteiger partial charge >= 0.3 is 12.2 Å². The quantitative estimate of drug-likeness (QED) is 0.369. The number of nitrogens with zero attached hydrogens (tertiary/aromatic N) is 1. The molecule has 34 heavy (non-hydrogen) atoms. The Morgan fingerprint density at radius 3 is 2.47 bits per heavy atom. The molecule has 2 heterocycles. The van der Waals surface area contributed by atoms with Gasteiger partial charge in [-0.05, 0) is 47.9 Å². The highest BCUT2D eigenvalue weighted by Gasteiger charge is 2.37. The molecule has 2 amide bonds. The molecule has 0 fully saturated rings. The number of hydrogen-bond acceptors (Lipinski definition) is 2. The monoisotopic (exact) mass is 465 g/mol. The van der Waals surface area contributed by atoms with Gasteiger partial charge in [-0.1, -0.05) is 42.5 Å². The Morgan fingerprint density at radius 2 is 1.74 bits per heavy atom. The van der Waals surface area contributed by atoms with E-state index in [0.29, 0.717) is 18.7 Å². The summed E-state index contributed by atoms with van der Waals surface area (Å²) >= 11 is 0. The van der Waals surface area contributed by atoms with Crippen molar-refractivity contribution < 1.29 is 22.7 Å². The Balaban J connectivity index is 1.56. The minimum Gasteiger partial charge on any atom is -0.497 e. The number of carbonyl (C=O) groups is 1. The fraction of sp³-hybridized carbons (Fsp3) is 0.192. The lowest BCUT2D eigenvalue weighted by Gasteiger charge is -2.36. The maximum atomic E-state index is 13.5. The highest BCUT2D eigenvalue weighted by atomic mass is 19.4. The van der Waals surface area contributed by atoms with Gasteiger partial charge in [-0.15, -0.1) is 0 Å². The Bertz CT molecular complexity index is 1350. The van der Waals surface area contributed by atoms with Crippen LogP contribution in [0.15, 0.2) is 72.8 Å². The van der Waals surface area contributed by atoms with Crippen molar-refractivity contribution in [2.24, 2.45) is 0 Å². The molecule has 1 unspecified atom stereocenters. The number of hydrogen-bond donors (Lipinski definition) is 2. The fourth-order valence-corrected chi connectivity index (χ4v) is 4.62. The molecule has 0 aliphatic carbocycles. The van der Waals surface area contributed by atoms with Gasteiger partial charge in [0.05, 0.1) is 24.4 Å². The number of ether oxygens (including phenoxy) is 1.